The van der Waals surface area contributed by atoms with Gasteiger partial charge >= 0.3 is 0 Å². The molecule has 0 aliphatic carbocycles. The molecule has 3 rings (SSSR count). The highest BCUT2D eigenvalue weighted by Crippen LogP contribution is 2.16. The quantitative estimate of drug-likeness (QED) is 0.627. The summed E-state index contributed by atoms with van der Waals surface area (Å²) in [6.07, 6.45) is 2.12. The van der Waals surface area contributed by atoms with E-state index in [0.717, 1.165) is 38.4 Å². The fourth-order valence-corrected chi connectivity index (χ4v) is 3.52. The van der Waals surface area contributed by atoms with E-state index in [4.69, 9.17) is 4.74 Å². The van der Waals surface area contributed by atoms with Gasteiger partial charge in [-0.1, -0.05) is 18.2 Å². The highest BCUT2D eigenvalue weighted by atomic mass is 19.1. The van der Waals surface area contributed by atoms with Gasteiger partial charge in [0.1, 0.15) is 11.9 Å². The van der Waals surface area contributed by atoms with Crippen molar-refractivity contribution in [2.24, 2.45) is 4.99 Å². The first-order chi connectivity index (χ1) is 13.2. The van der Waals surface area contributed by atoms with Gasteiger partial charge in [0.15, 0.2) is 5.96 Å². The highest BCUT2D eigenvalue weighted by Gasteiger charge is 2.30. The number of benzene rings is 1. The third-order valence-electron chi connectivity index (χ3n) is 5.03. The van der Waals surface area contributed by atoms with Gasteiger partial charge in [0, 0.05) is 45.9 Å². The van der Waals surface area contributed by atoms with Crippen molar-refractivity contribution in [1.82, 2.24) is 15.1 Å². The minimum absolute atomic E-state index is 0.119. The Hall–Kier alpha value is -2.15. The molecule has 2 aliphatic heterocycles. The van der Waals surface area contributed by atoms with Crippen molar-refractivity contribution in [3.63, 3.8) is 0 Å². The Morgan fingerprint density at radius 3 is 2.67 bits per heavy atom. The van der Waals surface area contributed by atoms with Crippen molar-refractivity contribution < 1.29 is 13.9 Å². The summed E-state index contributed by atoms with van der Waals surface area (Å²) in [6.45, 7) is 6.85. The van der Waals surface area contributed by atoms with E-state index < -0.39 is 0 Å². The Kier molecular flexibility index (Phi) is 7.04. The first kappa shape index (κ1) is 19.6. The smallest absolute Gasteiger partial charge is 0.251 e. The molecule has 0 aromatic heterocycles. The molecule has 0 saturated carbocycles. The number of ether oxygens (including phenoxy) is 1. The minimum atomic E-state index is -0.251. The molecule has 6 nitrogen and oxygen atoms in total. The number of carbonyl (C=O) groups is 1. The van der Waals surface area contributed by atoms with Crippen LogP contribution >= 0.6 is 0 Å². The van der Waals surface area contributed by atoms with Crippen LogP contribution in [0.25, 0.3) is 0 Å². The van der Waals surface area contributed by atoms with Crippen molar-refractivity contribution >= 4 is 11.9 Å². The predicted molar refractivity (Wildman–Crippen MR) is 103 cm³/mol. The lowest BCUT2D eigenvalue weighted by Gasteiger charge is -2.37. The van der Waals surface area contributed by atoms with Crippen LogP contribution in [0.1, 0.15) is 25.3 Å². The van der Waals surface area contributed by atoms with E-state index in [-0.39, 0.29) is 17.8 Å². The van der Waals surface area contributed by atoms with Gasteiger partial charge in [0.05, 0.1) is 0 Å². The van der Waals surface area contributed by atoms with Crippen LogP contribution in [-0.2, 0) is 16.0 Å². The number of nitrogens with zero attached hydrogens (tertiary/aromatic N) is 3. The molecule has 1 aromatic carbocycles. The van der Waals surface area contributed by atoms with Gasteiger partial charge < -0.3 is 19.9 Å². The van der Waals surface area contributed by atoms with E-state index in [0.29, 0.717) is 38.2 Å². The lowest BCUT2D eigenvalue weighted by atomic mass is 10.1. The average molecular weight is 376 g/mol. The summed E-state index contributed by atoms with van der Waals surface area (Å²) in [5.74, 6) is 0.769. The predicted octanol–water partition coefficient (Wildman–Crippen LogP) is 1.66. The molecule has 0 radical (unpaired) electrons. The molecule has 0 bridgehead atoms. The third-order valence-corrected chi connectivity index (χ3v) is 5.03. The first-order valence-electron chi connectivity index (χ1n) is 9.86. The number of aliphatic imine (C=N–C) groups is 1. The molecule has 1 aromatic rings. The summed E-state index contributed by atoms with van der Waals surface area (Å²) in [4.78, 5) is 21.2. The summed E-state index contributed by atoms with van der Waals surface area (Å²) in [5, 5.41) is 3.31. The zero-order valence-corrected chi connectivity index (χ0v) is 16.0. The molecular weight excluding hydrogens is 347 g/mol. The van der Waals surface area contributed by atoms with Crippen LogP contribution in [0.5, 0.6) is 0 Å². The van der Waals surface area contributed by atoms with Crippen molar-refractivity contribution in [2.45, 2.75) is 32.3 Å². The van der Waals surface area contributed by atoms with Crippen LogP contribution in [-0.4, -0.2) is 73.6 Å². The molecule has 1 N–H and O–H groups in total. The first-order valence-corrected chi connectivity index (χ1v) is 9.86. The zero-order valence-electron chi connectivity index (χ0n) is 16.0. The summed E-state index contributed by atoms with van der Waals surface area (Å²) in [6, 6.07) is 6.82. The van der Waals surface area contributed by atoms with Gasteiger partial charge in [-0.05, 0) is 37.8 Å². The van der Waals surface area contributed by atoms with Crippen LogP contribution in [0.4, 0.5) is 4.39 Å². The van der Waals surface area contributed by atoms with Crippen molar-refractivity contribution in [1.29, 1.82) is 0 Å². The Balaban J connectivity index is 1.52. The Morgan fingerprint density at radius 1 is 1.26 bits per heavy atom. The molecule has 1 atom stereocenters. The number of carbonyl (C=O) groups excluding carboxylic acids is 1. The monoisotopic (exact) mass is 376 g/mol. The SMILES string of the molecule is CCNC(=NCCc1ccccc1F)N1CCN(C(=O)C2CCCO2)CC1. The Labute approximate surface area is 160 Å². The topological polar surface area (TPSA) is 57.2 Å². The molecule has 2 heterocycles. The number of guanidine groups is 1. The molecule has 148 valence electrons. The average Bonchev–Trinajstić information content (AvgIpc) is 3.23. The minimum Gasteiger partial charge on any atom is -0.368 e. The normalized spacial score (nSPS) is 20.8. The van der Waals surface area contributed by atoms with Crippen molar-refractivity contribution in [3.05, 3.63) is 35.6 Å². The molecule has 7 heteroatoms. The van der Waals surface area contributed by atoms with Gasteiger partial charge in [-0.25, -0.2) is 4.39 Å². The van der Waals surface area contributed by atoms with Gasteiger partial charge in [0.25, 0.3) is 5.91 Å². The summed E-state index contributed by atoms with van der Waals surface area (Å²) in [7, 11) is 0. The number of hydrogen-bond acceptors (Lipinski definition) is 3. The second-order valence-electron chi connectivity index (χ2n) is 6.89. The van der Waals surface area contributed by atoms with Crippen LogP contribution < -0.4 is 5.32 Å². The van der Waals surface area contributed by atoms with Crippen LogP contribution in [0, 0.1) is 5.82 Å². The number of piperazine rings is 1. The highest BCUT2D eigenvalue weighted by molar-refractivity contribution is 5.82. The van der Waals surface area contributed by atoms with Crippen molar-refractivity contribution in [2.75, 3.05) is 45.9 Å². The molecular formula is C20H29FN4O2. The maximum Gasteiger partial charge on any atom is 0.251 e. The standard InChI is InChI=1S/C20H29FN4O2/c1-2-22-20(23-10-9-16-6-3-4-7-17(16)21)25-13-11-24(12-14-25)19(26)18-8-5-15-27-18/h3-4,6-7,18H,2,5,8-15H2,1H3,(H,22,23). The number of nitrogens with one attached hydrogen (secondary N) is 1. The van der Waals surface area contributed by atoms with Gasteiger partial charge in [-0.3, -0.25) is 9.79 Å². The lowest BCUT2D eigenvalue weighted by molar-refractivity contribution is -0.142. The molecule has 27 heavy (non-hydrogen) atoms. The fraction of sp³-hybridized carbons (Fsp3) is 0.600. The summed E-state index contributed by atoms with van der Waals surface area (Å²) < 4.78 is 19.3. The second kappa shape index (κ2) is 9.69. The van der Waals surface area contributed by atoms with E-state index in [1.165, 1.54) is 6.07 Å². The van der Waals surface area contributed by atoms with Crippen LogP contribution in [0.2, 0.25) is 0 Å². The Morgan fingerprint density at radius 2 is 2.00 bits per heavy atom. The van der Waals surface area contributed by atoms with E-state index in [1.54, 1.807) is 12.1 Å². The molecule has 0 spiro atoms. The fourth-order valence-electron chi connectivity index (χ4n) is 3.52. The van der Waals surface area contributed by atoms with E-state index in [2.05, 4.69) is 15.2 Å². The third kappa shape index (κ3) is 5.19. The lowest BCUT2D eigenvalue weighted by Crippen LogP contribution is -2.55. The molecule has 1 unspecified atom stereocenters. The maximum atomic E-state index is 13.7. The van der Waals surface area contributed by atoms with Gasteiger partial charge in [-0.15, -0.1) is 0 Å². The number of hydrogen-bond donors (Lipinski definition) is 1. The Bertz CT molecular complexity index is 653. The zero-order chi connectivity index (χ0) is 19.1. The molecule has 2 fully saturated rings. The van der Waals surface area contributed by atoms with Crippen LogP contribution in [0.15, 0.2) is 29.3 Å². The van der Waals surface area contributed by atoms with Crippen LogP contribution in [0.3, 0.4) is 0 Å². The summed E-state index contributed by atoms with van der Waals surface area (Å²) in [5.41, 5.74) is 0.684. The second-order valence-corrected chi connectivity index (χ2v) is 6.89. The molecule has 1 amide bonds. The largest absolute Gasteiger partial charge is 0.368 e. The molecule has 2 saturated heterocycles. The summed E-state index contributed by atoms with van der Waals surface area (Å²) >= 11 is 0. The molecule has 2 aliphatic rings. The van der Waals surface area contributed by atoms with E-state index >= 15 is 0 Å². The van der Waals surface area contributed by atoms with Gasteiger partial charge in [0.2, 0.25) is 0 Å². The number of halogens is 1. The maximum absolute atomic E-state index is 13.7. The van der Waals surface area contributed by atoms with E-state index in [1.807, 2.05) is 17.9 Å². The van der Waals surface area contributed by atoms with E-state index in [9.17, 15) is 9.18 Å². The van der Waals surface area contributed by atoms with Gasteiger partial charge in [-0.2, -0.15) is 0 Å². The number of rotatable bonds is 5. The van der Waals surface area contributed by atoms with Crippen molar-refractivity contribution in [3.8, 4) is 0 Å². The number of amides is 1.